The Hall–Kier alpha value is -0.570. The molecule has 0 spiro atoms. The van der Waals surface area contributed by atoms with Crippen LogP contribution >= 0.6 is 0 Å². The minimum atomic E-state index is -0.226. The van der Waals surface area contributed by atoms with E-state index in [0.29, 0.717) is 11.8 Å². The van der Waals surface area contributed by atoms with E-state index < -0.39 is 0 Å². The maximum Gasteiger partial charge on any atom is 0.309 e. The number of carbonyl (C=O) groups excluding carboxylic acids is 1. The van der Waals surface area contributed by atoms with Crippen LogP contribution < -0.4 is 0 Å². The minimum Gasteiger partial charge on any atom is -0.462 e. The van der Waals surface area contributed by atoms with Crippen molar-refractivity contribution in [3.63, 3.8) is 0 Å². The molecule has 0 radical (unpaired) electrons. The molecule has 0 aromatic carbocycles. The third kappa shape index (κ3) is 1.56. The van der Waals surface area contributed by atoms with Crippen LogP contribution in [0.25, 0.3) is 0 Å². The number of rotatable bonds is 0. The zero-order chi connectivity index (χ0) is 13.1. The van der Waals surface area contributed by atoms with Crippen LogP contribution in [0.5, 0.6) is 0 Å². The molecule has 3 heteroatoms. The number of hydrogen-bond donors (Lipinski definition) is 1. The van der Waals surface area contributed by atoms with Crippen LogP contribution in [0.15, 0.2) is 0 Å². The van der Waals surface area contributed by atoms with E-state index in [2.05, 4.69) is 13.8 Å². The van der Waals surface area contributed by atoms with Crippen molar-refractivity contribution in [3.05, 3.63) is 0 Å². The zero-order valence-electron chi connectivity index (χ0n) is 11.6. The smallest absolute Gasteiger partial charge is 0.309 e. The van der Waals surface area contributed by atoms with E-state index in [0.717, 1.165) is 19.3 Å². The molecule has 0 aromatic rings. The highest BCUT2D eigenvalue weighted by molar-refractivity contribution is 5.75. The van der Waals surface area contributed by atoms with Gasteiger partial charge in [0.15, 0.2) is 0 Å². The summed E-state index contributed by atoms with van der Waals surface area (Å²) in [6, 6.07) is 0. The molecular formula is C15H24O3. The van der Waals surface area contributed by atoms with Crippen LogP contribution in [-0.2, 0) is 9.53 Å². The van der Waals surface area contributed by atoms with Crippen molar-refractivity contribution < 1.29 is 14.6 Å². The molecule has 18 heavy (non-hydrogen) atoms. The van der Waals surface area contributed by atoms with Crippen molar-refractivity contribution in [2.24, 2.45) is 29.1 Å². The van der Waals surface area contributed by atoms with Gasteiger partial charge in [-0.25, -0.2) is 0 Å². The van der Waals surface area contributed by atoms with E-state index in [-0.39, 0.29) is 35.4 Å². The maximum atomic E-state index is 11.8. The van der Waals surface area contributed by atoms with Crippen molar-refractivity contribution in [2.75, 3.05) is 0 Å². The SMILES string of the molecule is C[C@@H]1[C@@H]2[C@H]3OC(=O)[C@@H](C)[C@@H]3CC[C@@]2(C)CC[C@H]1O. The van der Waals surface area contributed by atoms with Crippen molar-refractivity contribution in [1.82, 2.24) is 0 Å². The predicted molar refractivity (Wildman–Crippen MR) is 67.8 cm³/mol. The molecule has 1 N–H and O–H groups in total. The van der Waals surface area contributed by atoms with Gasteiger partial charge in [0.25, 0.3) is 0 Å². The third-order valence-electron chi connectivity index (χ3n) is 6.08. The first-order valence-corrected chi connectivity index (χ1v) is 7.32. The molecule has 2 saturated carbocycles. The van der Waals surface area contributed by atoms with Gasteiger partial charge < -0.3 is 9.84 Å². The number of aliphatic hydroxyl groups is 1. The largest absolute Gasteiger partial charge is 0.462 e. The van der Waals surface area contributed by atoms with E-state index in [1.165, 1.54) is 6.42 Å². The Morgan fingerprint density at radius 2 is 1.94 bits per heavy atom. The normalized spacial score (nSPS) is 55.7. The molecule has 0 amide bonds. The molecule has 102 valence electrons. The van der Waals surface area contributed by atoms with E-state index >= 15 is 0 Å². The lowest BCUT2D eigenvalue weighted by molar-refractivity contribution is -0.159. The summed E-state index contributed by atoms with van der Waals surface area (Å²) in [6.45, 7) is 6.46. The van der Waals surface area contributed by atoms with Gasteiger partial charge in [-0.05, 0) is 37.0 Å². The van der Waals surface area contributed by atoms with Gasteiger partial charge in [-0.15, -0.1) is 0 Å². The molecule has 1 saturated heterocycles. The number of aliphatic hydroxyl groups excluding tert-OH is 1. The number of hydrogen-bond acceptors (Lipinski definition) is 3. The summed E-state index contributed by atoms with van der Waals surface area (Å²) in [7, 11) is 0. The highest BCUT2D eigenvalue weighted by atomic mass is 16.6. The first kappa shape index (κ1) is 12.5. The van der Waals surface area contributed by atoms with Crippen LogP contribution in [0, 0.1) is 29.1 Å². The lowest BCUT2D eigenvalue weighted by atomic mass is 9.53. The topological polar surface area (TPSA) is 46.5 Å². The van der Waals surface area contributed by atoms with Crippen LogP contribution in [0.1, 0.15) is 46.5 Å². The van der Waals surface area contributed by atoms with Gasteiger partial charge >= 0.3 is 5.97 Å². The Balaban J connectivity index is 1.93. The van der Waals surface area contributed by atoms with Crippen molar-refractivity contribution in [1.29, 1.82) is 0 Å². The molecular weight excluding hydrogens is 228 g/mol. The Labute approximate surface area is 109 Å². The third-order valence-corrected chi connectivity index (χ3v) is 6.08. The van der Waals surface area contributed by atoms with E-state index in [9.17, 15) is 9.90 Å². The van der Waals surface area contributed by atoms with Crippen LogP contribution in [0.2, 0.25) is 0 Å². The molecule has 3 aliphatic rings. The summed E-state index contributed by atoms with van der Waals surface area (Å²) < 4.78 is 5.68. The average molecular weight is 252 g/mol. The van der Waals surface area contributed by atoms with Gasteiger partial charge in [0.1, 0.15) is 6.10 Å². The first-order chi connectivity index (χ1) is 8.44. The predicted octanol–water partition coefficient (Wildman–Crippen LogP) is 2.37. The monoisotopic (exact) mass is 252 g/mol. The summed E-state index contributed by atoms with van der Waals surface area (Å²) in [4.78, 5) is 11.8. The average Bonchev–Trinajstić information content (AvgIpc) is 2.60. The quantitative estimate of drug-likeness (QED) is 0.673. The van der Waals surface area contributed by atoms with Gasteiger partial charge in [-0.2, -0.15) is 0 Å². The number of fused-ring (bicyclic) bond motifs is 3. The highest BCUT2D eigenvalue weighted by Gasteiger charge is 2.58. The number of ether oxygens (including phenoxy) is 1. The Morgan fingerprint density at radius 3 is 2.67 bits per heavy atom. The Bertz CT molecular complexity index is 367. The fourth-order valence-corrected chi connectivity index (χ4v) is 4.81. The molecule has 7 atom stereocenters. The van der Waals surface area contributed by atoms with Crippen molar-refractivity contribution >= 4 is 5.97 Å². The molecule has 3 nitrogen and oxygen atoms in total. The highest BCUT2D eigenvalue weighted by Crippen LogP contribution is 2.57. The van der Waals surface area contributed by atoms with E-state index in [1.54, 1.807) is 0 Å². The van der Waals surface area contributed by atoms with Crippen LogP contribution in [-0.4, -0.2) is 23.3 Å². The molecule has 3 fully saturated rings. The minimum absolute atomic E-state index is 0.0264. The Morgan fingerprint density at radius 1 is 1.28 bits per heavy atom. The second kappa shape index (κ2) is 3.96. The first-order valence-electron chi connectivity index (χ1n) is 7.32. The Kier molecular flexibility index (Phi) is 2.74. The summed E-state index contributed by atoms with van der Waals surface area (Å²) in [6.07, 6.45) is 4.07. The van der Waals surface area contributed by atoms with Crippen LogP contribution in [0.4, 0.5) is 0 Å². The standard InChI is InChI=1S/C15H24O3/c1-8-10-4-6-15(3)7-5-11(16)9(2)12(15)13(10)18-14(8)17/h8-13,16H,4-7H2,1-3H3/t8-,9-,10-,11+,12+,13-,15-/m0/s1. The fourth-order valence-electron chi connectivity index (χ4n) is 4.81. The molecule has 1 aliphatic heterocycles. The zero-order valence-corrected chi connectivity index (χ0v) is 11.6. The van der Waals surface area contributed by atoms with Gasteiger partial charge in [-0.3, -0.25) is 4.79 Å². The second-order valence-electron chi connectivity index (χ2n) is 7.04. The van der Waals surface area contributed by atoms with E-state index in [4.69, 9.17) is 4.74 Å². The lowest BCUT2D eigenvalue weighted by Gasteiger charge is -2.53. The second-order valence-corrected chi connectivity index (χ2v) is 7.04. The van der Waals surface area contributed by atoms with Gasteiger partial charge in [0, 0.05) is 11.8 Å². The summed E-state index contributed by atoms with van der Waals surface area (Å²) in [5.41, 5.74) is 0.254. The number of carbonyl (C=O) groups is 1. The van der Waals surface area contributed by atoms with Crippen molar-refractivity contribution in [2.45, 2.75) is 58.7 Å². The molecule has 0 bridgehead atoms. The van der Waals surface area contributed by atoms with Crippen molar-refractivity contribution in [3.8, 4) is 0 Å². The summed E-state index contributed by atoms with van der Waals surface area (Å²) in [5.74, 6) is 0.985. The van der Waals surface area contributed by atoms with Gasteiger partial charge in [0.05, 0.1) is 12.0 Å². The van der Waals surface area contributed by atoms with Crippen LogP contribution in [0.3, 0.4) is 0 Å². The van der Waals surface area contributed by atoms with Gasteiger partial charge in [0.2, 0.25) is 0 Å². The molecule has 0 unspecified atom stereocenters. The molecule has 0 aromatic heterocycles. The number of esters is 1. The fraction of sp³-hybridized carbons (Fsp3) is 0.933. The lowest BCUT2D eigenvalue weighted by Crippen LogP contribution is -2.53. The molecule has 1 heterocycles. The summed E-state index contributed by atoms with van der Waals surface area (Å²) in [5, 5.41) is 10.1. The van der Waals surface area contributed by atoms with Gasteiger partial charge in [-0.1, -0.05) is 20.8 Å². The maximum absolute atomic E-state index is 11.8. The van der Waals surface area contributed by atoms with E-state index in [1.807, 2.05) is 6.92 Å². The summed E-state index contributed by atoms with van der Waals surface area (Å²) >= 11 is 0. The molecule has 2 aliphatic carbocycles. The molecule has 3 rings (SSSR count).